The molecule has 0 atom stereocenters. The molecule has 0 saturated carbocycles. The van der Waals surface area contributed by atoms with Gasteiger partial charge in [-0.3, -0.25) is 0 Å². The first-order valence-electron chi connectivity index (χ1n) is 6.15. The van der Waals surface area contributed by atoms with Gasteiger partial charge in [-0.05, 0) is 29.8 Å². The van der Waals surface area contributed by atoms with Gasteiger partial charge in [-0.2, -0.15) is 0 Å². The van der Waals surface area contributed by atoms with Crippen LogP contribution in [0, 0.1) is 29.3 Å². The molecule has 0 aliphatic heterocycles. The molecule has 2 rings (SSSR count). The van der Waals surface area contributed by atoms with Crippen molar-refractivity contribution in [2.75, 3.05) is 6.54 Å². The van der Waals surface area contributed by atoms with Gasteiger partial charge in [-0.1, -0.05) is 17.9 Å². The molecule has 0 saturated heterocycles. The van der Waals surface area contributed by atoms with E-state index in [0.717, 1.165) is 12.1 Å². The van der Waals surface area contributed by atoms with E-state index in [1.807, 2.05) is 0 Å². The van der Waals surface area contributed by atoms with E-state index in [1.54, 1.807) is 0 Å². The molecule has 0 aliphatic rings. The maximum Gasteiger partial charge on any atom is 0.159 e. The van der Waals surface area contributed by atoms with Gasteiger partial charge >= 0.3 is 0 Å². The molecule has 2 aromatic carbocycles. The average Bonchev–Trinajstić information content (AvgIpc) is 2.47. The molecule has 2 aromatic rings. The van der Waals surface area contributed by atoms with Gasteiger partial charge in [0.25, 0.3) is 0 Å². The molecular weight excluding hydrogens is 279 g/mol. The number of hydrogen-bond donors (Lipinski definition) is 1. The summed E-state index contributed by atoms with van der Waals surface area (Å²) in [7, 11) is 0. The van der Waals surface area contributed by atoms with E-state index in [4.69, 9.17) is 10.5 Å². The zero-order chi connectivity index (χ0) is 15.2. The van der Waals surface area contributed by atoms with Crippen molar-refractivity contribution in [1.82, 2.24) is 0 Å². The predicted molar refractivity (Wildman–Crippen MR) is 73.0 cm³/mol. The Hall–Kier alpha value is -2.45. The molecule has 108 valence electrons. The van der Waals surface area contributed by atoms with Crippen LogP contribution in [0.25, 0.3) is 0 Å². The van der Waals surface area contributed by atoms with Gasteiger partial charge < -0.3 is 10.5 Å². The van der Waals surface area contributed by atoms with Crippen LogP contribution in [0.1, 0.15) is 11.1 Å². The zero-order valence-corrected chi connectivity index (χ0v) is 11.0. The monoisotopic (exact) mass is 291 g/mol. The standard InChI is InChI=1S/C16H12F3NO/c17-13-5-4-12(2-1-7-20)16(9-13)21-10-11-3-6-14(18)15(19)8-11/h3-6,8-9H,7,10,20H2. The normalized spacial score (nSPS) is 9.90. The minimum atomic E-state index is -0.960. The van der Waals surface area contributed by atoms with Gasteiger partial charge in [0.15, 0.2) is 11.6 Å². The third-order valence-corrected chi connectivity index (χ3v) is 2.65. The molecule has 0 heterocycles. The number of ether oxygens (including phenoxy) is 1. The Morgan fingerprint density at radius 3 is 2.52 bits per heavy atom. The largest absolute Gasteiger partial charge is 0.487 e. The minimum Gasteiger partial charge on any atom is -0.487 e. The van der Waals surface area contributed by atoms with Crippen LogP contribution in [0.5, 0.6) is 5.75 Å². The smallest absolute Gasteiger partial charge is 0.159 e. The van der Waals surface area contributed by atoms with Crippen LogP contribution in [0.4, 0.5) is 13.2 Å². The molecule has 0 amide bonds. The lowest BCUT2D eigenvalue weighted by Crippen LogP contribution is -2.00. The zero-order valence-electron chi connectivity index (χ0n) is 11.0. The first kappa shape index (κ1) is 14.9. The van der Waals surface area contributed by atoms with Crippen LogP contribution in [-0.4, -0.2) is 6.54 Å². The van der Waals surface area contributed by atoms with Crippen molar-refractivity contribution in [1.29, 1.82) is 0 Å². The Morgan fingerprint density at radius 1 is 1.00 bits per heavy atom. The lowest BCUT2D eigenvalue weighted by molar-refractivity contribution is 0.302. The molecule has 5 heteroatoms. The maximum atomic E-state index is 13.2. The Balaban J connectivity index is 2.18. The fourth-order valence-electron chi connectivity index (χ4n) is 1.66. The molecule has 21 heavy (non-hydrogen) atoms. The molecule has 2 nitrogen and oxygen atoms in total. The second-order valence-corrected chi connectivity index (χ2v) is 4.18. The van der Waals surface area contributed by atoms with Gasteiger partial charge in [0.05, 0.1) is 12.1 Å². The SMILES string of the molecule is NCC#Cc1ccc(F)cc1OCc1ccc(F)c(F)c1. The van der Waals surface area contributed by atoms with E-state index >= 15 is 0 Å². The van der Waals surface area contributed by atoms with Crippen LogP contribution < -0.4 is 10.5 Å². The van der Waals surface area contributed by atoms with Gasteiger partial charge in [-0.25, -0.2) is 13.2 Å². The van der Waals surface area contributed by atoms with Crippen molar-refractivity contribution in [2.45, 2.75) is 6.61 Å². The molecule has 0 aromatic heterocycles. The lowest BCUT2D eigenvalue weighted by Gasteiger charge is -2.09. The summed E-state index contributed by atoms with van der Waals surface area (Å²) < 4.78 is 44.6. The Bertz CT molecular complexity index is 704. The fourth-order valence-corrected chi connectivity index (χ4v) is 1.66. The van der Waals surface area contributed by atoms with Crippen LogP contribution in [-0.2, 0) is 6.61 Å². The first-order chi connectivity index (χ1) is 10.1. The summed E-state index contributed by atoms with van der Waals surface area (Å²) in [6.45, 7) is 0.137. The van der Waals surface area contributed by atoms with Crippen LogP contribution >= 0.6 is 0 Å². The van der Waals surface area contributed by atoms with Crippen molar-refractivity contribution in [3.63, 3.8) is 0 Å². The number of rotatable bonds is 3. The highest BCUT2D eigenvalue weighted by atomic mass is 19.2. The van der Waals surface area contributed by atoms with Crippen molar-refractivity contribution < 1.29 is 17.9 Å². The molecule has 0 unspecified atom stereocenters. The topological polar surface area (TPSA) is 35.2 Å². The van der Waals surface area contributed by atoms with Crippen LogP contribution in [0.15, 0.2) is 36.4 Å². The van der Waals surface area contributed by atoms with Crippen LogP contribution in [0.3, 0.4) is 0 Å². The number of halogens is 3. The maximum absolute atomic E-state index is 13.2. The van der Waals surface area contributed by atoms with E-state index < -0.39 is 17.5 Å². The summed E-state index contributed by atoms with van der Waals surface area (Å²) in [4.78, 5) is 0. The second kappa shape index (κ2) is 6.82. The van der Waals surface area contributed by atoms with E-state index in [2.05, 4.69) is 11.8 Å². The minimum absolute atomic E-state index is 0.0298. The number of hydrogen-bond acceptors (Lipinski definition) is 2. The first-order valence-corrected chi connectivity index (χ1v) is 6.15. The molecule has 0 fully saturated rings. The molecular formula is C16H12F3NO. The molecule has 0 bridgehead atoms. The molecule has 2 N–H and O–H groups in total. The summed E-state index contributed by atoms with van der Waals surface area (Å²) in [5.41, 5.74) is 6.19. The third kappa shape index (κ3) is 4.01. The average molecular weight is 291 g/mol. The Morgan fingerprint density at radius 2 is 1.81 bits per heavy atom. The number of benzene rings is 2. The highest BCUT2D eigenvalue weighted by molar-refractivity contribution is 5.46. The summed E-state index contributed by atoms with van der Waals surface area (Å²) in [5, 5.41) is 0. The lowest BCUT2D eigenvalue weighted by atomic mass is 10.2. The second-order valence-electron chi connectivity index (χ2n) is 4.18. The number of nitrogens with two attached hydrogens (primary N) is 1. The van der Waals surface area contributed by atoms with Crippen molar-refractivity contribution >= 4 is 0 Å². The molecule has 0 radical (unpaired) electrons. The van der Waals surface area contributed by atoms with Crippen molar-refractivity contribution in [3.05, 3.63) is 65.0 Å². The highest BCUT2D eigenvalue weighted by Gasteiger charge is 2.06. The van der Waals surface area contributed by atoms with E-state index in [0.29, 0.717) is 11.1 Å². The summed E-state index contributed by atoms with van der Waals surface area (Å²) in [6, 6.07) is 7.33. The van der Waals surface area contributed by atoms with E-state index in [-0.39, 0.29) is 18.9 Å². The van der Waals surface area contributed by atoms with Gasteiger partial charge in [0.2, 0.25) is 0 Å². The van der Waals surface area contributed by atoms with E-state index in [9.17, 15) is 13.2 Å². The molecule has 0 spiro atoms. The van der Waals surface area contributed by atoms with Gasteiger partial charge in [0.1, 0.15) is 18.2 Å². The fraction of sp³-hybridized carbons (Fsp3) is 0.125. The Kier molecular flexibility index (Phi) is 4.85. The van der Waals surface area contributed by atoms with Crippen molar-refractivity contribution in [3.8, 4) is 17.6 Å². The Labute approximate surface area is 120 Å². The third-order valence-electron chi connectivity index (χ3n) is 2.65. The highest BCUT2D eigenvalue weighted by Crippen LogP contribution is 2.21. The molecule has 0 aliphatic carbocycles. The van der Waals surface area contributed by atoms with Gasteiger partial charge in [0, 0.05) is 6.07 Å². The summed E-state index contributed by atoms with van der Waals surface area (Å²) in [6.07, 6.45) is 0. The predicted octanol–water partition coefficient (Wildman–Crippen LogP) is 2.99. The summed E-state index contributed by atoms with van der Waals surface area (Å²) >= 11 is 0. The summed E-state index contributed by atoms with van der Waals surface area (Å²) in [5.74, 6) is 3.25. The van der Waals surface area contributed by atoms with E-state index in [1.165, 1.54) is 24.3 Å². The van der Waals surface area contributed by atoms with Crippen molar-refractivity contribution in [2.24, 2.45) is 5.73 Å². The van der Waals surface area contributed by atoms with Crippen LogP contribution in [0.2, 0.25) is 0 Å². The quantitative estimate of drug-likeness (QED) is 0.882. The van der Waals surface area contributed by atoms with Gasteiger partial charge in [-0.15, -0.1) is 0 Å².